The Morgan fingerprint density at radius 1 is 1.31 bits per heavy atom. The molecule has 13 heavy (non-hydrogen) atoms. The van der Waals surface area contributed by atoms with Gasteiger partial charge in [0.05, 0.1) is 12.1 Å². The fourth-order valence-corrected chi connectivity index (χ4v) is 1.95. The molecule has 0 radical (unpaired) electrons. The Labute approximate surface area is 78.2 Å². The first kappa shape index (κ1) is 11.9. The van der Waals surface area contributed by atoms with Gasteiger partial charge in [0.25, 0.3) is 0 Å². The molecule has 72 valence electrons. The van der Waals surface area contributed by atoms with E-state index in [2.05, 4.69) is 0 Å². The van der Waals surface area contributed by atoms with E-state index in [4.69, 9.17) is 10.5 Å². The largest absolute Gasteiger partial charge is 0.227 e. The molecule has 6 heteroatoms. The summed E-state index contributed by atoms with van der Waals surface area (Å²) in [5, 5.41) is 16.5. The highest BCUT2D eigenvalue weighted by Crippen LogP contribution is 2.01. The fourth-order valence-electron chi connectivity index (χ4n) is 0.841. The van der Waals surface area contributed by atoms with Crippen LogP contribution in [-0.4, -0.2) is 31.6 Å². The van der Waals surface area contributed by atoms with E-state index in [0.29, 0.717) is 6.54 Å². The molecule has 5 nitrogen and oxygen atoms in total. The molecular formula is C7H11N3O2S. The molecule has 0 spiro atoms. The first-order valence-corrected chi connectivity index (χ1v) is 5.41. The maximum Gasteiger partial charge on any atom is 0.227 e. The lowest BCUT2D eigenvalue weighted by atomic mass is 10.5. The fraction of sp³-hybridized carbons (Fsp3) is 0.714. The first-order chi connectivity index (χ1) is 6.08. The van der Waals surface area contributed by atoms with E-state index in [-0.39, 0.29) is 13.0 Å². The van der Waals surface area contributed by atoms with Crippen molar-refractivity contribution >= 4 is 10.0 Å². The molecule has 0 unspecified atom stereocenters. The molecule has 0 amide bonds. The summed E-state index contributed by atoms with van der Waals surface area (Å²) in [6.45, 7) is 2.13. The minimum atomic E-state index is -3.47. The van der Waals surface area contributed by atoms with Crippen LogP contribution in [0.25, 0.3) is 0 Å². The van der Waals surface area contributed by atoms with Gasteiger partial charge in [-0.1, -0.05) is 6.92 Å². The quantitative estimate of drug-likeness (QED) is 0.630. The van der Waals surface area contributed by atoms with Crippen molar-refractivity contribution in [3.05, 3.63) is 0 Å². The van der Waals surface area contributed by atoms with E-state index in [1.165, 1.54) is 0 Å². The van der Waals surface area contributed by atoms with Crippen LogP contribution >= 0.6 is 0 Å². The van der Waals surface area contributed by atoms with Crippen LogP contribution in [0.3, 0.4) is 0 Å². The maximum absolute atomic E-state index is 11.3. The zero-order valence-corrected chi connectivity index (χ0v) is 8.21. The lowest BCUT2D eigenvalue weighted by Crippen LogP contribution is -2.33. The molecule has 0 aromatic rings. The Morgan fingerprint density at radius 2 is 1.92 bits per heavy atom. The second kappa shape index (κ2) is 5.52. The molecule has 0 saturated carbocycles. The first-order valence-electron chi connectivity index (χ1n) is 3.80. The number of hydrogen-bond acceptors (Lipinski definition) is 4. The van der Waals surface area contributed by atoms with Crippen LogP contribution in [-0.2, 0) is 10.0 Å². The van der Waals surface area contributed by atoms with Gasteiger partial charge in [-0.3, -0.25) is 0 Å². The molecule has 0 aromatic heterocycles. The molecule has 0 bridgehead atoms. The van der Waals surface area contributed by atoms with Gasteiger partial charge in [-0.25, -0.2) is 12.7 Å². The highest BCUT2D eigenvalue weighted by atomic mass is 32.2. The Morgan fingerprint density at radius 3 is 2.31 bits per heavy atom. The molecule has 0 heterocycles. The third kappa shape index (κ3) is 3.88. The zero-order valence-electron chi connectivity index (χ0n) is 7.39. The summed E-state index contributed by atoms with van der Waals surface area (Å²) in [6.07, 6.45) is 0.151. The van der Waals surface area contributed by atoms with Gasteiger partial charge in [0.1, 0.15) is 0 Å². The van der Waals surface area contributed by atoms with Crippen LogP contribution in [0.4, 0.5) is 0 Å². The zero-order chi connectivity index (χ0) is 10.3. The number of sulfonamides is 1. The van der Waals surface area contributed by atoms with E-state index in [1.54, 1.807) is 13.0 Å². The summed E-state index contributed by atoms with van der Waals surface area (Å²) in [5.74, 6) is -0.522. The van der Waals surface area contributed by atoms with E-state index in [1.807, 2.05) is 6.07 Å². The van der Waals surface area contributed by atoms with Gasteiger partial charge in [-0.15, -0.1) is 0 Å². The van der Waals surface area contributed by atoms with Crippen molar-refractivity contribution in [2.24, 2.45) is 0 Å². The van der Waals surface area contributed by atoms with Gasteiger partial charge in [0, 0.05) is 19.5 Å². The summed E-state index contributed by atoms with van der Waals surface area (Å²) >= 11 is 0. The molecule has 0 aliphatic heterocycles. The third-order valence-electron chi connectivity index (χ3n) is 1.47. The molecular weight excluding hydrogens is 190 g/mol. The van der Waals surface area contributed by atoms with Crippen LogP contribution < -0.4 is 0 Å². The number of nitriles is 2. The SMILES string of the molecule is CCN(CCC#N)S(=O)(=O)CC#N. The second-order valence-electron chi connectivity index (χ2n) is 2.31. The maximum atomic E-state index is 11.3. The Hall–Kier alpha value is -1.11. The van der Waals surface area contributed by atoms with Gasteiger partial charge in [0.15, 0.2) is 5.75 Å². The van der Waals surface area contributed by atoms with E-state index >= 15 is 0 Å². The molecule has 0 atom stereocenters. The van der Waals surface area contributed by atoms with Crippen molar-refractivity contribution < 1.29 is 8.42 Å². The topological polar surface area (TPSA) is 85.0 Å². The van der Waals surface area contributed by atoms with Crippen LogP contribution in [0.1, 0.15) is 13.3 Å². The molecule has 0 fully saturated rings. The smallest absolute Gasteiger partial charge is 0.211 e. The molecule has 0 N–H and O–H groups in total. The average molecular weight is 201 g/mol. The number of nitrogens with zero attached hydrogens (tertiary/aromatic N) is 3. The van der Waals surface area contributed by atoms with Gasteiger partial charge in [-0.05, 0) is 0 Å². The summed E-state index contributed by atoms with van der Waals surface area (Å²) in [6, 6.07) is 3.44. The summed E-state index contributed by atoms with van der Waals surface area (Å²) < 4.78 is 23.7. The van der Waals surface area contributed by atoms with Crippen LogP contribution in [0, 0.1) is 22.7 Å². The van der Waals surface area contributed by atoms with Gasteiger partial charge in [0.2, 0.25) is 10.0 Å². The molecule has 0 rings (SSSR count). The minimum Gasteiger partial charge on any atom is -0.211 e. The van der Waals surface area contributed by atoms with Crippen molar-refractivity contribution in [1.29, 1.82) is 10.5 Å². The molecule has 0 aliphatic rings. The van der Waals surface area contributed by atoms with Crippen molar-refractivity contribution in [3.8, 4) is 12.1 Å². The predicted octanol–water partition coefficient (Wildman–Crippen LogP) is 0.0754. The van der Waals surface area contributed by atoms with Crippen LogP contribution in [0.2, 0.25) is 0 Å². The van der Waals surface area contributed by atoms with Crippen molar-refractivity contribution in [1.82, 2.24) is 4.31 Å². The summed E-state index contributed by atoms with van der Waals surface area (Å²) in [5.41, 5.74) is 0. The third-order valence-corrected chi connectivity index (χ3v) is 3.19. The van der Waals surface area contributed by atoms with Crippen LogP contribution in [0.5, 0.6) is 0 Å². The normalized spacial score (nSPS) is 10.8. The van der Waals surface area contributed by atoms with Crippen molar-refractivity contribution in [3.63, 3.8) is 0 Å². The Kier molecular flexibility index (Phi) is 5.05. The highest BCUT2D eigenvalue weighted by Gasteiger charge is 2.18. The standard InChI is InChI=1S/C7H11N3O2S/c1-2-10(6-3-4-8)13(11,12)7-5-9/h2-3,6-7H2,1H3. The molecule has 0 aliphatic carbocycles. The van der Waals surface area contributed by atoms with E-state index < -0.39 is 15.8 Å². The van der Waals surface area contributed by atoms with E-state index in [9.17, 15) is 8.42 Å². The van der Waals surface area contributed by atoms with Gasteiger partial charge < -0.3 is 0 Å². The predicted molar refractivity (Wildman–Crippen MR) is 46.9 cm³/mol. The molecule has 0 aromatic carbocycles. The van der Waals surface area contributed by atoms with Crippen molar-refractivity contribution in [2.75, 3.05) is 18.8 Å². The van der Waals surface area contributed by atoms with Crippen molar-refractivity contribution in [2.45, 2.75) is 13.3 Å². The van der Waals surface area contributed by atoms with E-state index in [0.717, 1.165) is 4.31 Å². The molecule has 0 saturated heterocycles. The minimum absolute atomic E-state index is 0.151. The Balaban J connectivity index is 4.42. The lowest BCUT2D eigenvalue weighted by Gasteiger charge is -2.16. The second-order valence-corrected chi connectivity index (χ2v) is 4.28. The average Bonchev–Trinajstić information content (AvgIpc) is 2.05. The van der Waals surface area contributed by atoms with Gasteiger partial charge in [-0.2, -0.15) is 10.5 Å². The highest BCUT2D eigenvalue weighted by molar-refractivity contribution is 7.89. The number of hydrogen-bond donors (Lipinski definition) is 0. The summed E-state index contributed by atoms with van der Waals surface area (Å²) in [7, 11) is -3.47. The number of rotatable bonds is 5. The van der Waals surface area contributed by atoms with Gasteiger partial charge >= 0.3 is 0 Å². The monoisotopic (exact) mass is 201 g/mol. The lowest BCUT2D eigenvalue weighted by molar-refractivity contribution is 0.437. The van der Waals surface area contributed by atoms with Crippen LogP contribution in [0.15, 0.2) is 0 Å². The summed E-state index contributed by atoms with van der Waals surface area (Å²) in [4.78, 5) is 0. The Bertz CT molecular complexity index is 323.